The van der Waals surface area contributed by atoms with Crippen molar-refractivity contribution in [1.82, 2.24) is 0 Å². The Hall–Kier alpha value is -0.471. The maximum absolute atomic E-state index is 10.3. The van der Waals surface area contributed by atoms with Crippen molar-refractivity contribution in [3.63, 3.8) is 0 Å². The van der Waals surface area contributed by atoms with Crippen LogP contribution in [-0.2, 0) is 41.8 Å². The summed E-state index contributed by atoms with van der Waals surface area (Å²) in [5.41, 5.74) is 0. The number of hydrogen-bond acceptors (Lipinski definition) is 7. The number of carbonyl (C=O) groups excluding carboxylic acids is 2. The van der Waals surface area contributed by atoms with Crippen molar-refractivity contribution in [1.29, 1.82) is 0 Å². The second-order valence-electron chi connectivity index (χ2n) is 1.96. The molecule has 0 saturated carbocycles. The van der Waals surface area contributed by atoms with E-state index in [0.29, 0.717) is 0 Å². The molecule has 0 amide bonds. The van der Waals surface area contributed by atoms with Gasteiger partial charge in [0.2, 0.25) is 0 Å². The molecule has 0 aromatic carbocycles. The average molecular weight is 290 g/mol. The van der Waals surface area contributed by atoms with Crippen molar-refractivity contribution in [2.75, 3.05) is 0 Å². The summed E-state index contributed by atoms with van der Waals surface area (Å²) in [5.74, 6) is -0.913. The predicted molar refractivity (Wildman–Crippen MR) is 42.2 cm³/mol. The fraction of sp³-hybridized carbons (Fsp3) is 0.667. The summed E-state index contributed by atoms with van der Waals surface area (Å²) in [7, 11) is -5.17. The molecule has 0 atom stereocenters. The van der Waals surface area contributed by atoms with Crippen LogP contribution >= 0.6 is 0 Å². The van der Waals surface area contributed by atoms with Crippen LogP contribution in [0.2, 0.25) is 0 Å². The zero-order valence-electron chi connectivity index (χ0n) is 7.98. The van der Waals surface area contributed by atoms with Gasteiger partial charge in [0.15, 0.2) is 0 Å². The molecule has 1 radical (unpaired) electrons. The Bertz CT molecular complexity index is 262. The van der Waals surface area contributed by atoms with E-state index in [1.165, 1.54) is 0 Å². The predicted octanol–water partition coefficient (Wildman–Crippen LogP) is -0.464. The topological polar surface area (TPSA) is 124 Å². The maximum Gasteiger partial charge on any atom is 2.00 e. The number of ether oxygens (including phenoxy) is 1. The van der Waals surface area contributed by atoms with Crippen LogP contribution in [-0.4, -0.2) is 29.5 Å². The van der Waals surface area contributed by atoms with Crippen molar-refractivity contribution in [3.05, 3.63) is 0 Å². The zero-order valence-corrected chi connectivity index (χ0v) is 9.74. The Kier molecular flexibility index (Phi) is 13.4. The van der Waals surface area contributed by atoms with E-state index in [9.17, 15) is 9.59 Å². The molecule has 0 rings (SSSR count). The first kappa shape index (κ1) is 20.0. The number of rotatable bonds is 2. The van der Waals surface area contributed by atoms with Gasteiger partial charge < -0.3 is 13.8 Å². The molecule has 0 aromatic heterocycles. The second kappa shape index (κ2) is 10.1. The van der Waals surface area contributed by atoms with Crippen molar-refractivity contribution in [2.24, 2.45) is 0 Å². The summed E-state index contributed by atoms with van der Waals surface area (Å²) in [6, 6.07) is 0. The van der Waals surface area contributed by atoms with Gasteiger partial charge >= 0.3 is 29.0 Å². The monoisotopic (exact) mass is 289 g/mol. The molecule has 9 heteroatoms. The van der Waals surface area contributed by atoms with Gasteiger partial charge in [-0.2, -0.15) is 0 Å². The van der Waals surface area contributed by atoms with E-state index < -0.39 is 22.3 Å². The Balaban J connectivity index is -0.000000208. The standard InChI is InChI=1S/C6H10O3.Cu.H2O4S/c1-3-5(7)9-6(8)4-2;;1-5(2,3)4/h3-4H2,1-2H3;;(H2,1,2,3,4)/q;+2;/p-2. The summed E-state index contributed by atoms with van der Waals surface area (Å²) >= 11 is 0. The van der Waals surface area contributed by atoms with Crippen LogP contribution in [0, 0.1) is 0 Å². The first-order valence-corrected chi connectivity index (χ1v) is 4.94. The minimum atomic E-state index is -5.17. The summed E-state index contributed by atoms with van der Waals surface area (Å²) in [6.07, 6.45) is 0.511. The van der Waals surface area contributed by atoms with E-state index in [1.54, 1.807) is 13.8 Å². The molecule has 0 aliphatic carbocycles. The molecule has 0 aliphatic heterocycles. The number of carbonyl (C=O) groups is 2. The minimum absolute atomic E-state index is 0. The first-order valence-electron chi connectivity index (χ1n) is 3.60. The van der Waals surface area contributed by atoms with Gasteiger partial charge in [0.25, 0.3) is 0 Å². The smallest absolute Gasteiger partial charge is 0.759 e. The van der Waals surface area contributed by atoms with Gasteiger partial charge in [0.1, 0.15) is 0 Å². The van der Waals surface area contributed by atoms with Crippen LogP contribution in [0.25, 0.3) is 0 Å². The summed E-state index contributed by atoms with van der Waals surface area (Å²) in [6.45, 7) is 3.29. The molecule has 0 bridgehead atoms. The molecular weight excluding hydrogens is 280 g/mol. The van der Waals surface area contributed by atoms with E-state index in [4.69, 9.17) is 17.5 Å². The summed E-state index contributed by atoms with van der Waals surface area (Å²) < 4.78 is 38.4. The minimum Gasteiger partial charge on any atom is -0.759 e. The van der Waals surface area contributed by atoms with Crippen LogP contribution in [0.3, 0.4) is 0 Å². The average Bonchev–Trinajstić information content (AvgIpc) is 2.01. The third kappa shape index (κ3) is 31.7. The Morgan fingerprint density at radius 2 is 1.27 bits per heavy atom. The summed E-state index contributed by atoms with van der Waals surface area (Å²) in [4.78, 5) is 20.7. The van der Waals surface area contributed by atoms with Crippen LogP contribution in [0.15, 0.2) is 0 Å². The number of hydrogen-bond donors (Lipinski definition) is 0. The molecule has 0 saturated heterocycles. The molecule has 0 N–H and O–H groups in total. The molecule has 0 spiro atoms. The van der Waals surface area contributed by atoms with E-state index in [0.717, 1.165) is 0 Å². The van der Waals surface area contributed by atoms with Gasteiger partial charge in [-0.15, -0.1) is 0 Å². The van der Waals surface area contributed by atoms with Gasteiger partial charge in [-0.1, -0.05) is 13.8 Å². The van der Waals surface area contributed by atoms with Crippen LogP contribution in [0.4, 0.5) is 0 Å². The Morgan fingerprint density at radius 1 is 1.07 bits per heavy atom. The third-order valence-electron chi connectivity index (χ3n) is 0.805. The fourth-order valence-electron chi connectivity index (χ4n) is 0.271. The molecule has 0 unspecified atom stereocenters. The van der Waals surface area contributed by atoms with E-state index in [-0.39, 0.29) is 29.9 Å². The normalized spacial score (nSPS) is 9.07. The maximum atomic E-state index is 10.3. The SMILES string of the molecule is CCC(=O)OC(=O)CC.O=S(=O)([O-])[O-].[Cu+2]. The molecule has 93 valence electrons. The van der Waals surface area contributed by atoms with E-state index in [1.807, 2.05) is 0 Å². The van der Waals surface area contributed by atoms with E-state index in [2.05, 4.69) is 4.74 Å². The summed E-state index contributed by atoms with van der Waals surface area (Å²) in [5, 5.41) is 0. The third-order valence-corrected chi connectivity index (χ3v) is 0.805. The Morgan fingerprint density at radius 3 is 1.40 bits per heavy atom. The number of esters is 2. The largest absolute Gasteiger partial charge is 2.00 e. The van der Waals surface area contributed by atoms with Gasteiger partial charge in [-0.3, -0.25) is 18.0 Å². The second-order valence-corrected chi connectivity index (χ2v) is 2.78. The zero-order chi connectivity index (χ0) is 11.8. The van der Waals surface area contributed by atoms with Gasteiger partial charge in [-0.05, 0) is 0 Å². The molecular formula is C6H10CuO7S. The quantitative estimate of drug-likeness (QED) is 0.221. The molecule has 7 nitrogen and oxygen atoms in total. The van der Waals surface area contributed by atoms with Gasteiger partial charge in [0.05, 0.1) is 0 Å². The first-order chi connectivity index (χ1) is 6.20. The van der Waals surface area contributed by atoms with Crippen molar-refractivity contribution in [3.8, 4) is 0 Å². The van der Waals surface area contributed by atoms with Crippen molar-refractivity contribution in [2.45, 2.75) is 26.7 Å². The van der Waals surface area contributed by atoms with Crippen molar-refractivity contribution >= 4 is 22.3 Å². The van der Waals surface area contributed by atoms with Gasteiger partial charge in [0, 0.05) is 23.2 Å². The molecule has 0 aromatic rings. The Labute approximate surface area is 98.2 Å². The molecule has 15 heavy (non-hydrogen) atoms. The van der Waals surface area contributed by atoms with Gasteiger partial charge in [-0.25, -0.2) is 0 Å². The molecule has 0 fully saturated rings. The van der Waals surface area contributed by atoms with Crippen LogP contribution in [0.5, 0.6) is 0 Å². The van der Waals surface area contributed by atoms with Crippen molar-refractivity contribution < 1.29 is 48.9 Å². The van der Waals surface area contributed by atoms with Crippen LogP contribution < -0.4 is 0 Å². The van der Waals surface area contributed by atoms with Crippen LogP contribution in [0.1, 0.15) is 26.7 Å². The molecule has 0 heterocycles. The van der Waals surface area contributed by atoms with E-state index >= 15 is 0 Å². The molecule has 0 aliphatic rings. The fourth-order valence-corrected chi connectivity index (χ4v) is 0.271.